The zero-order valence-corrected chi connectivity index (χ0v) is 23.2. The van der Waals surface area contributed by atoms with Crippen LogP contribution in [0.4, 0.5) is 0 Å². The van der Waals surface area contributed by atoms with E-state index in [9.17, 15) is 19.8 Å². The van der Waals surface area contributed by atoms with Gasteiger partial charge in [0.15, 0.2) is 0 Å². The number of aliphatic hydroxyl groups excluding tert-OH is 2. The van der Waals surface area contributed by atoms with Gasteiger partial charge in [-0.3, -0.25) is 4.79 Å². The number of hydrogen-bond donors (Lipinski definition) is 2. The van der Waals surface area contributed by atoms with Crippen LogP contribution in [0, 0.1) is 5.41 Å². The van der Waals surface area contributed by atoms with Crippen molar-refractivity contribution in [3.63, 3.8) is 0 Å². The Bertz CT molecular complexity index is 576. The first-order chi connectivity index (χ1) is 16.8. The van der Waals surface area contributed by atoms with Crippen LogP contribution in [0.2, 0.25) is 0 Å². The molecule has 0 aliphatic rings. The van der Waals surface area contributed by atoms with Crippen LogP contribution in [0.3, 0.4) is 0 Å². The topological polar surface area (TPSA) is 93.1 Å². The lowest BCUT2D eigenvalue weighted by Crippen LogP contribution is -2.41. The van der Waals surface area contributed by atoms with Crippen LogP contribution in [0.15, 0.2) is 11.1 Å². The van der Waals surface area contributed by atoms with Gasteiger partial charge >= 0.3 is 11.9 Å². The van der Waals surface area contributed by atoms with Crippen molar-refractivity contribution in [3.05, 3.63) is 11.1 Å². The number of allylic oxidation sites excluding steroid dienone is 1. The van der Waals surface area contributed by atoms with Gasteiger partial charge < -0.3 is 19.7 Å². The Morgan fingerprint density at radius 2 is 1.03 bits per heavy atom. The van der Waals surface area contributed by atoms with Gasteiger partial charge in [0.05, 0.1) is 18.6 Å². The van der Waals surface area contributed by atoms with E-state index in [1.807, 2.05) is 13.8 Å². The summed E-state index contributed by atoms with van der Waals surface area (Å²) < 4.78 is 10.5. The van der Waals surface area contributed by atoms with E-state index in [2.05, 4.69) is 6.92 Å². The molecule has 6 nitrogen and oxygen atoms in total. The fraction of sp³-hybridized carbons (Fsp3) is 0.862. The fourth-order valence-corrected chi connectivity index (χ4v) is 3.75. The molecule has 0 saturated carbocycles. The van der Waals surface area contributed by atoms with Crippen LogP contribution in [0.25, 0.3) is 0 Å². The largest absolute Gasteiger partial charge is 0.465 e. The van der Waals surface area contributed by atoms with Gasteiger partial charge in [-0.15, -0.1) is 0 Å². The zero-order valence-electron chi connectivity index (χ0n) is 23.2. The Labute approximate surface area is 214 Å². The van der Waals surface area contributed by atoms with Gasteiger partial charge in [-0.1, -0.05) is 102 Å². The number of rotatable bonds is 23. The third-order valence-corrected chi connectivity index (χ3v) is 6.76. The molecule has 0 bridgehead atoms. The highest BCUT2D eigenvalue weighted by atomic mass is 16.5. The summed E-state index contributed by atoms with van der Waals surface area (Å²) in [4.78, 5) is 24.1. The molecular weight excluding hydrogens is 444 g/mol. The normalized spacial score (nSPS) is 11.4. The average molecular weight is 499 g/mol. The molecule has 0 fully saturated rings. The average Bonchev–Trinajstić information content (AvgIpc) is 2.86. The molecule has 206 valence electrons. The van der Waals surface area contributed by atoms with Crippen molar-refractivity contribution < 1.29 is 29.3 Å². The van der Waals surface area contributed by atoms with E-state index in [1.54, 1.807) is 6.92 Å². The number of hydrogen-bond acceptors (Lipinski definition) is 6. The van der Waals surface area contributed by atoms with E-state index < -0.39 is 24.6 Å². The lowest BCUT2D eigenvalue weighted by molar-refractivity contribution is -0.157. The highest BCUT2D eigenvalue weighted by Gasteiger charge is 2.33. The first kappa shape index (κ1) is 33.6. The second-order valence-electron chi connectivity index (χ2n) is 10.4. The van der Waals surface area contributed by atoms with Crippen LogP contribution in [0.1, 0.15) is 130 Å². The van der Waals surface area contributed by atoms with E-state index >= 15 is 0 Å². The smallest absolute Gasteiger partial charge is 0.333 e. The summed E-state index contributed by atoms with van der Waals surface area (Å²) in [6.45, 7) is 6.24. The Morgan fingerprint density at radius 3 is 1.43 bits per heavy atom. The molecule has 0 aliphatic carbocycles. The van der Waals surface area contributed by atoms with E-state index in [0.29, 0.717) is 12.0 Å². The number of unbranched alkanes of at least 4 members (excludes halogenated alkanes) is 14. The minimum absolute atomic E-state index is 0.182. The molecule has 0 radical (unpaired) electrons. The second kappa shape index (κ2) is 21.8. The van der Waals surface area contributed by atoms with Crippen molar-refractivity contribution in [2.24, 2.45) is 5.41 Å². The van der Waals surface area contributed by atoms with Crippen molar-refractivity contribution in [1.82, 2.24) is 0 Å². The van der Waals surface area contributed by atoms with Crippen LogP contribution < -0.4 is 0 Å². The van der Waals surface area contributed by atoms with E-state index in [-0.39, 0.29) is 19.2 Å². The van der Waals surface area contributed by atoms with E-state index in [4.69, 9.17) is 9.47 Å². The van der Waals surface area contributed by atoms with Gasteiger partial charge in [0.2, 0.25) is 0 Å². The van der Waals surface area contributed by atoms with E-state index in [1.165, 1.54) is 77.0 Å². The lowest BCUT2D eigenvalue weighted by atomic mass is 9.92. The van der Waals surface area contributed by atoms with Crippen LogP contribution in [0.5, 0.6) is 0 Å². The molecule has 0 atom stereocenters. The molecule has 0 amide bonds. The Morgan fingerprint density at radius 1 is 0.629 bits per heavy atom. The Balaban J connectivity index is 3.83. The Hall–Kier alpha value is -1.40. The predicted molar refractivity (Wildman–Crippen MR) is 142 cm³/mol. The standard InChI is InChI=1S/C29H54O6/c1-5-6-7-8-9-10-11-12-13-14-15-16-17-18-19-20-27(32)34-23-29(21-30,22-31)24-35-28(33)26(4)25(2)3/h30-31H,5-24H2,1-4H3. The molecule has 0 unspecified atom stereocenters. The van der Waals surface area contributed by atoms with Crippen molar-refractivity contribution in [2.45, 2.75) is 130 Å². The molecule has 35 heavy (non-hydrogen) atoms. The number of aliphatic hydroxyl groups is 2. The van der Waals surface area contributed by atoms with Crippen molar-refractivity contribution in [1.29, 1.82) is 0 Å². The summed E-state index contributed by atoms with van der Waals surface area (Å²) in [7, 11) is 0. The molecule has 0 heterocycles. The third kappa shape index (κ3) is 17.6. The number of carbonyl (C=O) groups is 2. The van der Waals surface area contributed by atoms with Crippen molar-refractivity contribution in [3.8, 4) is 0 Å². The molecule has 0 rings (SSSR count). The van der Waals surface area contributed by atoms with Gasteiger partial charge in [0.1, 0.15) is 13.2 Å². The van der Waals surface area contributed by atoms with Gasteiger partial charge in [0.25, 0.3) is 0 Å². The first-order valence-electron chi connectivity index (χ1n) is 14.0. The molecular formula is C29H54O6. The van der Waals surface area contributed by atoms with Crippen LogP contribution in [-0.4, -0.2) is 48.6 Å². The summed E-state index contributed by atoms with van der Waals surface area (Å²) in [6.07, 6.45) is 19.3. The minimum Gasteiger partial charge on any atom is -0.465 e. The first-order valence-corrected chi connectivity index (χ1v) is 14.0. The molecule has 0 aromatic carbocycles. The number of carbonyl (C=O) groups excluding carboxylic acids is 2. The zero-order chi connectivity index (χ0) is 26.4. The maximum atomic E-state index is 12.1. The van der Waals surface area contributed by atoms with Gasteiger partial charge in [-0.2, -0.15) is 0 Å². The SMILES string of the molecule is CCCCCCCCCCCCCCCCCC(=O)OCC(CO)(CO)COC(=O)C(C)=C(C)C. The molecule has 0 aromatic rings. The quantitative estimate of drug-likeness (QED) is 0.0929. The highest BCUT2D eigenvalue weighted by Crippen LogP contribution is 2.19. The second-order valence-corrected chi connectivity index (χ2v) is 10.4. The Kier molecular flexibility index (Phi) is 21.0. The van der Waals surface area contributed by atoms with Crippen LogP contribution in [-0.2, 0) is 19.1 Å². The molecule has 0 aromatic heterocycles. The summed E-state index contributed by atoms with van der Waals surface area (Å²) in [5.74, 6) is -0.849. The maximum Gasteiger partial charge on any atom is 0.333 e. The van der Waals surface area contributed by atoms with Crippen molar-refractivity contribution in [2.75, 3.05) is 26.4 Å². The third-order valence-electron chi connectivity index (χ3n) is 6.76. The summed E-state index contributed by atoms with van der Waals surface area (Å²) in [5.41, 5.74) is 0.130. The minimum atomic E-state index is -1.19. The molecule has 0 aliphatic heterocycles. The maximum absolute atomic E-state index is 12.1. The van der Waals surface area contributed by atoms with Gasteiger partial charge in [0, 0.05) is 12.0 Å². The van der Waals surface area contributed by atoms with Gasteiger partial charge in [-0.05, 0) is 27.2 Å². The van der Waals surface area contributed by atoms with Crippen molar-refractivity contribution >= 4 is 11.9 Å². The molecule has 0 spiro atoms. The monoisotopic (exact) mass is 498 g/mol. The summed E-state index contributed by atoms with van der Waals surface area (Å²) in [5, 5.41) is 19.4. The highest BCUT2D eigenvalue weighted by molar-refractivity contribution is 5.88. The summed E-state index contributed by atoms with van der Waals surface area (Å²) >= 11 is 0. The van der Waals surface area contributed by atoms with Crippen LogP contribution >= 0.6 is 0 Å². The number of esters is 2. The molecule has 2 N–H and O–H groups in total. The van der Waals surface area contributed by atoms with Gasteiger partial charge in [-0.25, -0.2) is 4.79 Å². The number of ether oxygens (including phenoxy) is 2. The van der Waals surface area contributed by atoms with E-state index in [0.717, 1.165) is 24.8 Å². The molecule has 6 heteroatoms. The predicted octanol–water partition coefficient (Wildman–Crippen LogP) is 6.66. The summed E-state index contributed by atoms with van der Waals surface area (Å²) in [6, 6.07) is 0. The fourth-order valence-electron chi connectivity index (χ4n) is 3.75. The molecule has 0 saturated heterocycles. The lowest BCUT2D eigenvalue weighted by Gasteiger charge is -2.28.